The number of benzene rings is 1. The summed E-state index contributed by atoms with van der Waals surface area (Å²) in [6.45, 7) is 15.9. The Balaban J connectivity index is 1.80. The van der Waals surface area contributed by atoms with E-state index in [4.69, 9.17) is 16.3 Å². The van der Waals surface area contributed by atoms with Crippen molar-refractivity contribution in [3.8, 4) is 0 Å². The van der Waals surface area contributed by atoms with Crippen molar-refractivity contribution in [2.75, 3.05) is 37.7 Å². The van der Waals surface area contributed by atoms with Crippen LogP contribution in [-0.4, -0.2) is 61.4 Å². The van der Waals surface area contributed by atoms with Crippen LogP contribution in [0.5, 0.6) is 0 Å². The van der Waals surface area contributed by atoms with Gasteiger partial charge in [-0.25, -0.2) is 9.37 Å². The summed E-state index contributed by atoms with van der Waals surface area (Å²) in [5.74, 6) is -0.333. The Labute approximate surface area is 173 Å². The number of ether oxygens (including phenoxy) is 1. The van der Waals surface area contributed by atoms with Crippen molar-refractivity contribution < 1.29 is 9.13 Å². The van der Waals surface area contributed by atoms with Gasteiger partial charge in [0.25, 0.3) is 0 Å². The monoisotopic (exact) mass is 426 g/mol. The molecule has 0 amide bonds. The second kappa shape index (κ2) is 8.69. The number of imidazole rings is 1. The lowest BCUT2D eigenvalue weighted by molar-refractivity contribution is 0.0898. The van der Waals surface area contributed by atoms with Gasteiger partial charge in [-0.05, 0) is 25.6 Å². The van der Waals surface area contributed by atoms with E-state index in [1.165, 1.54) is 0 Å². The lowest BCUT2D eigenvalue weighted by Gasteiger charge is -2.41. The van der Waals surface area contributed by atoms with E-state index in [2.05, 4.69) is 48.3 Å². The van der Waals surface area contributed by atoms with Crippen molar-refractivity contribution in [2.24, 2.45) is 0 Å². The first kappa shape index (κ1) is 21.6. The zero-order valence-corrected chi connectivity index (χ0v) is 19.4. The van der Waals surface area contributed by atoms with Crippen LogP contribution in [0.25, 0.3) is 11.0 Å². The van der Waals surface area contributed by atoms with Gasteiger partial charge in [0.1, 0.15) is 12.2 Å². The number of rotatable bonds is 7. The Kier molecular flexibility index (Phi) is 6.69. The van der Waals surface area contributed by atoms with Crippen molar-refractivity contribution in [1.82, 2.24) is 14.5 Å². The minimum Gasteiger partial charge on any atom is -0.363 e. The smallest absolute Gasteiger partial charge is 0.175 e. The first-order chi connectivity index (χ1) is 13.2. The van der Waals surface area contributed by atoms with Crippen LogP contribution in [0.3, 0.4) is 0 Å². The molecule has 0 saturated carbocycles. The van der Waals surface area contributed by atoms with E-state index < -0.39 is 8.07 Å². The summed E-state index contributed by atoms with van der Waals surface area (Å²) in [4.78, 5) is 8.77. The maximum atomic E-state index is 15.4. The van der Waals surface area contributed by atoms with Gasteiger partial charge >= 0.3 is 0 Å². The van der Waals surface area contributed by atoms with Gasteiger partial charge in [0.2, 0.25) is 0 Å². The Morgan fingerprint density at radius 1 is 1.32 bits per heavy atom. The second-order valence-corrected chi connectivity index (χ2v) is 14.9. The van der Waals surface area contributed by atoms with Gasteiger partial charge in [-0.1, -0.05) is 38.2 Å². The highest BCUT2D eigenvalue weighted by atomic mass is 35.5. The molecule has 1 aromatic carbocycles. The van der Waals surface area contributed by atoms with Crippen molar-refractivity contribution >= 4 is 36.4 Å². The van der Waals surface area contributed by atoms with Crippen molar-refractivity contribution in [3.05, 3.63) is 23.2 Å². The van der Waals surface area contributed by atoms with Gasteiger partial charge in [0.15, 0.2) is 5.82 Å². The van der Waals surface area contributed by atoms with Crippen LogP contribution in [0.2, 0.25) is 30.7 Å². The summed E-state index contributed by atoms with van der Waals surface area (Å²) in [5, 5.41) is 0.436. The Morgan fingerprint density at radius 2 is 2.07 bits per heavy atom. The summed E-state index contributed by atoms with van der Waals surface area (Å²) < 4.78 is 23.0. The number of anilines is 1. The molecule has 1 aromatic heterocycles. The number of likely N-dealkylation sites (N-methyl/N-ethyl adjacent to an activating group) is 1. The number of piperazine rings is 1. The molecule has 0 radical (unpaired) electrons. The van der Waals surface area contributed by atoms with E-state index in [1.54, 1.807) is 6.33 Å². The third kappa shape index (κ3) is 4.70. The number of nitrogens with zero attached hydrogens (tertiary/aromatic N) is 4. The Hall–Kier alpha value is -1.15. The maximum Gasteiger partial charge on any atom is 0.175 e. The first-order valence-electron chi connectivity index (χ1n) is 10.1. The van der Waals surface area contributed by atoms with Crippen LogP contribution in [0.1, 0.15) is 13.8 Å². The summed E-state index contributed by atoms with van der Waals surface area (Å²) in [6, 6.07) is 3.12. The molecule has 28 heavy (non-hydrogen) atoms. The molecule has 0 aliphatic carbocycles. The zero-order valence-electron chi connectivity index (χ0n) is 17.6. The van der Waals surface area contributed by atoms with Gasteiger partial charge in [0.05, 0.1) is 22.6 Å². The van der Waals surface area contributed by atoms with Gasteiger partial charge in [0, 0.05) is 40.4 Å². The van der Waals surface area contributed by atoms with Crippen LogP contribution < -0.4 is 4.90 Å². The molecule has 1 aliphatic rings. The fourth-order valence-electron chi connectivity index (χ4n) is 3.68. The average Bonchev–Trinajstić information content (AvgIpc) is 3.02. The van der Waals surface area contributed by atoms with E-state index in [-0.39, 0.29) is 11.9 Å². The standard InChI is InChI=1S/C20H32ClFN4OSi/c1-6-24-7-8-26(15(2)12-24)20-16(21)11-17-19(18(20)22)23-13-25(17)14-27-9-10-28(3,4)5/h11,13,15H,6-10,12,14H2,1-5H3. The van der Waals surface area contributed by atoms with Crippen molar-refractivity contribution in [1.29, 1.82) is 0 Å². The topological polar surface area (TPSA) is 33.5 Å². The number of aromatic nitrogens is 2. The highest BCUT2D eigenvalue weighted by molar-refractivity contribution is 6.76. The van der Waals surface area contributed by atoms with Gasteiger partial charge < -0.3 is 14.2 Å². The molecule has 2 aromatic rings. The van der Waals surface area contributed by atoms with Crippen LogP contribution in [0.15, 0.2) is 12.4 Å². The second-order valence-electron chi connectivity index (χ2n) is 8.89. The molecule has 156 valence electrons. The van der Waals surface area contributed by atoms with Gasteiger partial charge in [-0.15, -0.1) is 0 Å². The molecule has 0 N–H and O–H groups in total. The first-order valence-corrected chi connectivity index (χ1v) is 14.2. The molecule has 1 unspecified atom stereocenters. The van der Waals surface area contributed by atoms with Gasteiger partial charge in [-0.2, -0.15) is 0 Å². The maximum absolute atomic E-state index is 15.4. The minimum absolute atomic E-state index is 0.199. The van der Waals surface area contributed by atoms with Crippen LogP contribution >= 0.6 is 11.6 Å². The summed E-state index contributed by atoms with van der Waals surface area (Å²) in [6.07, 6.45) is 1.64. The molecular weight excluding hydrogens is 395 g/mol. The fourth-order valence-corrected chi connectivity index (χ4v) is 4.73. The van der Waals surface area contributed by atoms with Crippen LogP contribution in [0, 0.1) is 5.82 Å². The highest BCUT2D eigenvalue weighted by Crippen LogP contribution is 2.36. The molecule has 1 saturated heterocycles. The highest BCUT2D eigenvalue weighted by Gasteiger charge is 2.28. The molecular formula is C20H32ClFN4OSi. The van der Waals surface area contributed by atoms with Crippen LogP contribution in [0.4, 0.5) is 10.1 Å². The van der Waals surface area contributed by atoms with E-state index in [9.17, 15) is 0 Å². The Bertz CT molecular complexity index is 823. The number of hydrogen-bond donors (Lipinski definition) is 0. The SMILES string of the molecule is CCN1CCN(c2c(Cl)cc3c(ncn3COCC[Si](C)(C)C)c2F)C(C)C1. The molecule has 3 rings (SSSR count). The quantitative estimate of drug-likeness (QED) is 0.475. The van der Waals surface area contributed by atoms with Gasteiger partial charge in [-0.3, -0.25) is 4.90 Å². The molecule has 2 heterocycles. The number of halogens is 2. The molecule has 8 heteroatoms. The van der Waals surface area contributed by atoms with E-state index >= 15 is 4.39 Å². The summed E-state index contributed by atoms with van der Waals surface area (Å²) in [7, 11) is -1.13. The molecule has 1 fully saturated rings. The van der Waals surface area contributed by atoms with E-state index in [1.807, 2.05) is 10.6 Å². The fraction of sp³-hybridized carbons (Fsp3) is 0.650. The largest absolute Gasteiger partial charge is 0.363 e. The average molecular weight is 427 g/mol. The van der Waals surface area contributed by atoms with Crippen molar-refractivity contribution in [2.45, 2.75) is 52.3 Å². The molecule has 0 bridgehead atoms. The third-order valence-electron chi connectivity index (χ3n) is 5.46. The summed E-state index contributed by atoms with van der Waals surface area (Å²) in [5.41, 5.74) is 1.51. The molecule has 0 spiro atoms. The number of fused-ring (bicyclic) bond motifs is 1. The molecule has 1 atom stereocenters. The van der Waals surface area contributed by atoms with E-state index in [0.717, 1.165) is 32.2 Å². The predicted molar refractivity (Wildman–Crippen MR) is 118 cm³/mol. The number of hydrogen-bond acceptors (Lipinski definition) is 4. The normalized spacial score (nSPS) is 19.0. The lowest BCUT2D eigenvalue weighted by atomic mass is 10.1. The minimum atomic E-state index is -1.13. The Morgan fingerprint density at radius 3 is 2.71 bits per heavy atom. The zero-order chi connectivity index (χ0) is 20.5. The van der Waals surface area contributed by atoms with E-state index in [0.29, 0.717) is 35.1 Å². The lowest BCUT2D eigenvalue weighted by Crippen LogP contribution is -2.52. The molecule has 1 aliphatic heterocycles. The third-order valence-corrected chi connectivity index (χ3v) is 7.45. The van der Waals surface area contributed by atoms with Crippen LogP contribution in [-0.2, 0) is 11.5 Å². The summed E-state index contributed by atoms with van der Waals surface area (Å²) >= 11 is 6.56. The predicted octanol–water partition coefficient (Wildman–Crippen LogP) is 4.67. The molecule has 5 nitrogen and oxygen atoms in total. The van der Waals surface area contributed by atoms with Crippen molar-refractivity contribution in [3.63, 3.8) is 0 Å².